The van der Waals surface area contributed by atoms with E-state index >= 15 is 0 Å². The van der Waals surface area contributed by atoms with Crippen molar-refractivity contribution in [2.24, 2.45) is 0 Å². The molecular formula is C32H28F6N2O3. The molecule has 0 atom stereocenters. The van der Waals surface area contributed by atoms with Crippen molar-refractivity contribution >= 4 is 22.9 Å². The van der Waals surface area contributed by atoms with Gasteiger partial charge in [0.1, 0.15) is 18.8 Å². The van der Waals surface area contributed by atoms with Crippen molar-refractivity contribution in [2.45, 2.75) is 19.3 Å². The SMILES string of the molecule is COc1ccc(NCC(F)(F)F)c(C(=O)c2ccccc2)c1.Cc1ccc(NCC(F)(F)F)c(C(=O)c2ccccc2)c1. The second-order valence-electron chi connectivity index (χ2n) is 9.29. The molecule has 0 aliphatic rings. The Labute approximate surface area is 244 Å². The van der Waals surface area contributed by atoms with Gasteiger partial charge >= 0.3 is 12.4 Å². The van der Waals surface area contributed by atoms with E-state index in [-0.39, 0.29) is 34.1 Å². The van der Waals surface area contributed by atoms with Gasteiger partial charge < -0.3 is 15.4 Å². The van der Waals surface area contributed by atoms with E-state index in [1.807, 2.05) is 0 Å². The minimum atomic E-state index is -4.37. The van der Waals surface area contributed by atoms with E-state index in [1.165, 1.54) is 31.4 Å². The van der Waals surface area contributed by atoms with Gasteiger partial charge in [0.2, 0.25) is 0 Å². The van der Waals surface area contributed by atoms with Crippen LogP contribution in [-0.2, 0) is 0 Å². The molecule has 0 aliphatic carbocycles. The number of rotatable bonds is 9. The number of carbonyl (C=O) groups is 2. The maximum atomic E-state index is 12.5. The highest BCUT2D eigenvalue weighted by Gasteiger charge is 2.28. The summed E-state index contributed by atoms with van der Waals surface area (Å²) in [5.74, 6) is -0.273. The topological polar surface area (TPSA) is 67.4 Å². The summed E-state index contributed by atoms with van der Waals surface area (Å²) in [6, 6.07) is 25.9. The van der Waals surface area contributed by atoms with E-state index in [2.05, 4.69) is 10.6 Å². The lowest BCUT2D eigenvalue weighted by Crippen LogP contribution is -2.22. The number of alkyl halides is 6. The van der Waals surface area contributed by atoms with Gasteiger partial charge in [-0.2, -0.15) is 26.3 Å². The molecule has 0 amide bonds. The van der Waals surface area contributed by atoms with Crippen LogP contribution in [0.5, 0.6) is 5.75 Å². The molecule has 0 aliphatic heterocycles. The molecular weight excluding hydrogens is 574 g/mol. The van der Waals surface area contributed by atoms with E-state index in [0.717, 1.165) is 5.56 Å². The second-order valence-corrected chi connectivity index (χ2v) is 9.29. The van der Waals surface area contributed by atoms with Gasteiger partial charge in [-0.15, -0.1) is 0 Å². The molecule has 0 radical (unpaired) electrons. The Morgan fingerprint density at radius 2 is 1.05 bits per heavy atom. The van der Waals surface area contributed by atoms with Gasteiger partial charge in [0.05, 0.1) is 7.11 Å². The van der Waals surface area contributed by atoms with Crippen molar-refractivity contribution in [1.82, 2.24) is 0 Å². The first-order chi connectivity index (χ1) is 20.3. The van der Waals surface area contributed by atoms with Crippen LogP contribution in [0.2, 0.25) is 0 Å². The zero-order valence-corrected chi connectivity index (χ0v) is 23.1. The average molecular weight is 603 g/mol. The quantitative estimate of drug-likeness (QED) is 0.150. The minimum Gasteiger partial charge on any atom is -0.497 e. The number of ether oxygens (including phenoxy) is 1. The Hall–Kier alpha value is -4.80. The van der Waals surface area contributed by atoms with Crippen LogP contribution >= 0.6 is 0 Å². The normalized spacial score (nSPS) is 11.2. The zero-order chi connectivity index (χ0) is 31.6. The fourth-order valence-corrected chi connectivity index (χ4v) is 3.87. The first-order valence-electron chi connectivity index (χ1n) is 12.9. The van der Waals surface area contributed by atoms with Gasteiger partial charge in [-0.3, -0.25) is 9.59 Å². The molecule has 0 fully saturated rings. The minimum absolute atomic E-state index is 0.118. The average Bonchev–Trinajstić information content (AvgIpc) is 2.99. The predicted octanol–water partition coefficient (Wildman–Crippen LogP) is 8.10. The van der Waals surface area contributed by atoms with Crippen LogP contribution in [0.4, 0.5) is 37.7 Å². The summed E-state index contributed by atoms with van der Waals surface area (Å²) >= 11 is 0. The van der Waals surface area contributed by atoms with Crippen molar-refractivity contribution in [3.05, 3.63) is 125 Å². The van der Waals surface area contributed by atoms with Crippen molar-refractivity contribution < 1.29 is 40.7 Å². The monoisotopic (exact) mass is 602 g/mol. The molecule has 0 bridgehead atoms. The first-order valence-corrected chi connectivity index (χ1v) is 12.9. The Balaban J connectivity index is 0.000000236. The van der Waals surface area contributed by atoms with Crippen LogP contribution in [0.25, 0.3) is 0 Å². The maximum Gasteiger partial charge on any atom is 0.405 e. The molecule has 0 saturated heterocycles. The van der Waals surface area contributed by atoms with Crippen molar-refractivity contribution in [2.75, 3.05) is 30.8 Å². The first kappa shape index (κ1) is 32.7. The summed E-state index contributed by atoms with van der Waals surface area (Å²) in [4.78, 5) is 24.9. The number of methoxy groups -OCH3 is 1. The number of benzene rings is 4. The van der Waals surface area contributed by atoms with Gasteiger partial charge in [-0.05, 0) is 37.3 Å². The number of ketones is 2. The molecule has 0 heterocycles. The van der Waals surface area contributed by atoms with E-state index in [9.17, 15) is 35.9 Å². The van der Waals surface area contributed by atoms with Gasteiger partial charge in [0, 0.05) is 33.6 Å². The fourth-order valence-electron chi connectivity index (χ4n) is 3.87. The second kappa shape index (κ2) is 14.4. The van der Waals surface area contributed by atoms with Crippen LogP contribution in [0.15, 0.2) is 97.1 Å². The zero-order valence-electron chi connectivity index (χ0n) is 23.1. The summed E-state index contributed by atoms with van der Waals surface area (Å²) in [5.41, 5.74) is 2.33. The number of anilines is 2. The van der Waals surface area contributed by atoms with E-state index in [4.69, 9.17) is 4.74 Å². The smallest absolute Gasteiger partial charge is 0.405 e. The summed E-state index contributed by atoms with van der Waals surface area (Å²) in [7, 11) is 1.43. The van der Waals surface area contributed by atoms with Crippen LogP contribution in [0, 0.1) is 6.92 Å². The van der Waals surface area contributed by atoms with Crippen LogP contribution < -0.4 is 15.4 Å². The van der Waals surface area contributed by atoms with Crippen LogP contribution in [0.1, 0.15) is 37.4 Å². The molecule has 0 saturated carbocycles. The van der Waals surface area contributed by atoms with Crippen LogP contribution in [0.3, 0.4) is 0 Å². The highest BCUT2D eigenvalue weighted by Crippen LogP contribution is 2.27. The summed E-state index contributed by atoms with van der Waals surface area (Å²) < 4.78 is 79.1. The number of aryl methyl sites for hydroxylation is 1. The number of halogens is 6. The number of hydrogen-bond acceptors (Lipinski definition) is 5. The third kappa shape index (κ3) is 10.2. The van der Waals surface area contributed by atoms with Gasteiger partial charge in [0.25, 0.3) is 0 Å². The standard InChI is InChI=1S/C16H14F3NO2.C16H14F3NO/c1-22-12-7-8-14(20-10-16(17,18)19)13(9-12)15(21)11-5-3-2-4-6-11;1-11-7-8-14(20-10-16(17,18)19)13(9-11)15(21)12-5-3-2-4-6-12/h2-9,20H,10H2,1H3;2-9,20H,10H2,1H3. The molecule has 43 heavy (non-hydrogen) atoms. The van der Waals surface area contributed by atoms with E-state index < -0.39 is 25.4 Å². The van der Waals surface area contributed by atoms with Gasteiger partial charge in [-0.25, -0.2) is 0 Å². The van der Waals surface area contributed by atoms with E-state index in [1.54, 1.807) is 79.7 Å². The molecule has 0 unspecified atom stereocenters. The lowest BCUT2D eigenvalue weighted by molar-refractivity contribution is -0.116. The Bertz CT molecular complexity index is 1520. The van der Waals surface area contributed by atoms with Crippen molar-refractivity contribution in [3.8, 4) is 5.75 Å². The molecule has 4 aromatic rings. The van der Waals surface area contributed by atoms with Crippen molar-refractivity contribution in [3.63, 3.8) is 0 Å². The highest BCUT2D eigenvalue weighted by molar-refractivity contribution is 6.13. The lowest BCUT2D eigenvalue weighted by Gasteiger charge is -2.14. The molecule has 0 spiro atoms. The molecule has 5 nitrogen and oxygen atoms in total. The lowest BCUT2D eigenvalue weighted by atomic mass is 10.00. The third-order valence-corrected chi connectivity index (χ3v) is 5.92. The number of nitrogens with one attached hydrogen (secondary N) is 2. The molecule has 11 heteroatoms. The molecule has 226 valence electrons. The summed E-state index contributed by atoms with van der Waals surface area (Å²) in [5, 5.41) is 4.54. The molecule has 4 aromatic carbocycles. The Morgan fingerprint density at radius 3 is 1.47 bits per heavy atom. The summed E-state index contributed by atoms with van der Waals surface area (Å²) in [6.45, 7) is -0.602. The van der Waals surface area contributed by atoms with E-state index in [0.29, 0.717) is 16.9 Å². The number of carbonyl (C=O) groups excluding carboxylic acids is 2. The van der Waals surface area contributed by atoms with Crippen molar-refractivity contribution in [1.29, 1.82) is 0 Å². The third-order valence-electron chi connectivity index (χ3n) is 5.92. The van der Waals surface area contributed by atoms with Crippen LogP contribution in [-0.4, -0.2) is 44.1 Å². The molecule has 4 rings (SSSR count). The largest absolute Gasteiger partial charge is 0.497 e. The molecule has 0 aromatic heterocycles. The Morgan fingerprint density at radius 1 is 0.628 bits per heavy atom. The van der Waals surface area contributed by atoms with Gasteiger partial charge in [-0.1, -0.05) is 72.3 Å². The molecule has 2 N–H and O–H groups in total. The fraction of sp³-hybridized carbons (Fsp3) is 0.188. The number of hydrogen-bond donors (Lipinski definition) is 2. The maximum absolute atomic E-state index is 12.5. The Kier molecular flexibility index (Phi) is 10.9. The highest BCUT2D eigenvalue weighted by atomic mass is 19.4. The predicted molar refractivity (Wildman–Crippen MR) is 153 cm³/mol. The summed E-state index contributed by atoms with van der Waals surface area (Å²) in [6.07, 6.45) is -8.70. The van der Waals surface area contributed by atoms with Gasteiger partial charge in [0.15, 0.2) is 11.6 Å².